The quantitative estimate of drug-likeness (QED) is 0.671. The van der Waals surface area contributed by atoms with Gasteiger partial charge in [0.2, 0.25) is 10.0 Å². The fraction of sp³-hybridized carbons (Fsp3) is 0.571. The van der Waals surface area contributed by atoms with Gasteiger partial charge in [-0.25, -0.2) is 8.42 Å². The second kappa shape index (κ2) is 8.34. The van der Waals surface area contributed by atoms with Crippen molar-refractivity contribution >= 4 is 33.2 Å². The Hall–Kier alpha value is -0.330. The van der Waals surface area contributed by atoms with E-state index in [-0.39, 0.29) is 16.8 Å². The van der Waals surface area contributed by atoms with Crippen LogP contribution in [-0.4, -0.2) is 39.0 Å². The molecule has 0 aliphatic rings. The van der Waals surface area contributed by atoms with E-state index in [1.54, 1.807) is 19.2 Å². The van der Waals surface area contributed by atoms with Crippen molar-refractivity contribution in [3.63, 3.8) is 0 Å². The molecule has 0 amide bonds. The van der Waals surface area contributed by atoms with Crippen molar-refractivity contribution in [1.29, 1.82) is 0 Å². The number of hydrogen-bond acceptors (Lipinski definition) is 3. The van der Waals surface area contributed by atoms with Crippen LogP contribution >= 0.6 is 23.2 Å². The summed E-state index contributed by atoms with van der Waals surface area (Å²) in [6, 6.07) is 4.53. The van der Waals surface area contributed by atoms with Crippen LogP contribution in [0.25, 0.3) is 0 Å². The van der Waals surface area contributed by atoms with Gasteiger partial charge in [0.25, 0.3) is 0 Å². The highest BCUT2D eigenvalue weighted by molar-refractivity contribution is 7.89. The SMILES string of the molecule is CCC(C)N(CCOC)S(=O)(=O)c1ccc(CCl)c(Cl)c1. The Labute approximate surface area is 137 Å². The average molecular weight is 354 g/mol. The van der Waals surface area contributed by atoms with E-state index in [1.807, 2.05) is 13.8 Å². The lowest BCUT2D eigenvalue weighted by molar-refractivity contribution is 0.167. The lowest BCUT2D eigenvalue weighted by atomic mass is 10.2. The van der Waals surface area contributed by atoms with Gasteiger partial charge in [0.05, 0.1) is 11.5 Å². The number of ether oxygens (including phenoxy) is 1. The van der Waals surface area contributed by atoms with E-state index in [0.717, 1.165) is 6.42 Å². The smallest absolute Gasteiger partial charge is 0.243 e. The third-order valence-corrected chi connectivity index (χ3v) is 6.02. The monoisotopic (exact) mass is 353 g/mol. The number of benzene rings is 1. The molecule has 0 fully saturated rings. The Morgan fingerprint density at radius 1 is 1.38 bits per heavy atom. The molecule has 0 heterocycles. The first-order valence-corrected chi connectivity index (χ1v) is 9.08. The van der Waals surface area contributed by atoms with E-state index in [1.165, 1.54) is 10.4 Å². The molecule has 0 radical (unpaired) electrons. The van der Waals surface area contributed by atoms with Gasteiger partial charge in [-0.2, -0.15) is 4.31 Å². The van der Waals surface area contributed by atoms with Gasteiger partial charge in [-0.3, -0.25) is 0 Å². The molecule has 0 N–H and O–H groups in total. The van der Waals surface area contributed by atoms with Gasteiger partial charge < -0.3 is 4.74 Å². The van der Waals surface area contributed by atoms with Crippen molar-refractivity contribution in [2.24, 2.45) is 0 Å². The highest BCUT2D eigenvalue weighted by Gasteiger charge is 2.28. The van der Waals surface area contributed by atoms with Gasteiger partial charge in [0.15, 0.2) is 0 Å². The van der Waals surface area contributed by atoms with Crippen molar-refractivity contribution in [2.75, 3.05) is 20.3 Å². The normalized spacial score (nSPS) is 13.6. The molecule has 4 nitrogen and oxygen atoms in total. The summed E-state index contributed by atoms with van der Waals surface area (Å²) >= 11 is 11.8. The highest BCUT2D eigenvalue weighted by Crippen LogP contribution is 2.25. The Balaban J connectivity index is 3.18. The molecule has 1 rings (SSSR count). The zero-order valence-corrected chi connectivity index (χ0v) is 14.8. The highest BCUT2D eigenvalue weighted by atomic mass is 35.5. The van der Waals surface area contributed by atoms with Crippen LogP contribution in [0.3, 0.4) is 0 Å². The van der Waals surface area contributed by atoms with Crippen LogP contribution in [0.5, 0.6) is 0 Å². The second-order valence-corrected chi connectivity index (χ2v) is 7.32. The zero-order chi connectivity index (χ0) is 16.0. The van der Waals surface area contributed by atoms with Gasteiger partial charge in [-0.15, -0.1) is 11.6 Å². The third kappa shape index (κ3) is 4.57. The molecule has 0 aromatic heterocycles. The summed E-state index contributed by atoms with van der Waals surface area (Å²) in [4.78, 5) is 0.178. The summed E-state index contributed by atoms with van der Waals surface area (Å²) in [5, 5.41) is 0.363. The van der Waals surface area contributed by atoms with Gasteiger partial charge in [-0.1, -0.05) is 24.6 Å². The topological polar surface area (TPSA) is 46.6 Å². The van der Waals surface area contributed by atoms with E-state index in [4.69, 9.17) is 27.9 Å². The first-order valence-electron chi connectivity index (χ1n) is 6.73. The first-order chi connectivity index (χ1) is 9.88. The maximum Gasteiger partial charge on any atom is 0.243 e. The van der Waals surface area contributed by atoms with Crippen LogP contribution in [-0.2, 0) is 20.6 Å². The lowest BCUT2D eigenvalue weighted by Gasteiger charge is -2.27. The first kappa shape index (κ1) is 18.7. The van der Waals surface area contributed by atoms with Crippen molar-refractivity contribution in [3.8, 4) is 0 Å². The van der Waals surface area contributed by atoms with E-state index in [2.05, 4.69) is 0 Å². The fourth-order valence-electron chi connectivity index (χ4n) is 1.89. The molecule has 0 aliphatic heterocycles. The van der Waals surface area contributed by atoms with Crippen molar-refractivity contribution in [2.45, 2.75) is 37.1 Å². The number of sulfonamides is 1. The van der Waals surface area contributed by atoms with E-state index in [0.29, 0.717) is 23.7 Å². The molecule has 21 heavy (non-hydrogen) atoms. The molecular weight excluding hydrogens is 333 g/mol. The zero-order valence-electron chi connectivity index (χ0n) is 12.5. The number of rotatable bonds is 8. The predicted octanol–water partition coefficient (Wildman–Crippen LogP) is 3.51. The number of hydrogen-bond donors (Lipinski definition) is 0. The molecule has 0 saturated carbocycles. The maximum absolute atomic E-state index is 12.8. The summed E-state index contributed by atoms with van der Waals surface area (Å²) in [6.45, 7) is 4.48. The van der Waals surface area contributed by atoms with Gasteiger partial charge in [0.1, 0.15) is 0 Å². The minimum absolute atomic E-state index is 0.114. The Morgan fingerprint density at radius 3 is 2.52 bits per heavy atom. The van der Waals surface area contributed by atoms with E-state index >= 15 is 0 Å². The molecule has 0 bridgehead atoms. The van der Waals surface area contributed by atoms with Crippen LogP contribution in [0.15, 0.2) is 23.1 Å². The Bertz CT molecular complexity index is 563. The van der Waals surface area contributed by atoms with Gasteiger partial charge in [-0.05, 0) is 31.0 Å². The van der Waals surface area contributed by atoms with Crippen LogP contribution in [0.1, 0.15) is 25.8 Å². The molecule has 1 unspecified atom stereocenters. The number of alkyl halides is 1. The van der Waals surface area contributed by atoms with E-state index in [9.17, 15) is 8.42 Å². The third-order valence-electron chi connectivity index (χ3n) is 3.37. The largest absolute Gasteiger partial charge is 0.383 e. The summed E-state index contributed by atoms with van der Waals surface area (Å²) in [6.07, 6.45) is 0.719. The molecule has 120 valence electrons. The molecule has 0 spiro atoms. The summed E-state index contributed by atoms with van der Waals surface area (Å²) in [5.74, 6) is 0.248. The van der Waals surface area contributed by atoms with Crippen LogP contribution in [0, 0.1) is 0 Å². The van der Waals surface area contributed by atoms with Crippen LogP contribution < -0.4 is 0 Å². The standard InChI is InChI=1S/C14H21Cl2NO3S/c1-4-11(2)17(7-8-20-3)21(18,19)13-6-5-12(10-15)14(16)9-13/h5-6,9,11H,4,7-8,10H2,1-3H3. The van der Waals surface area contributed by atoms with Crippen LogP contribution in [0.4, 0.5) is 0 Å². The average Bonchev–Trinajstić information content (AvgIpc) is 2.46. The molecule has 1 atom stereocenters. The molecule has 7 heteroatoms. The lowest BCUT2D eigenvalue weighted by Crippen LogP contribution is -2.40. The molecule has 0 saturated heterocycles. The van der Waals surface area contributed by atoms with Crippen molar-refractivity contribution < 1.29 is 13.2 Å². The predicted molar refractivity (Wildman–Crippen MR) is 86.5 cm³/mol. The summed E-state index contributed by atoms with van der Waals surface area (Å²) < 4.78 is 32.0. The number of methoxy groups -OCH3 is 1. The van der Waals surface area contributed by atoms with Crippen molar-refractivity contribution in [3.05, 3.63) is 28.8 Å². The number of nitrogens with zero attached hydrogens (tertiary/aromatic N) is 1. The molecule has 1 aromatic rings. The number of halogens is 2. The minimum atomic E-state index is -3.61. The van der Waals surface area contributed by atoms with Gasteiger partial charge in [0, 0.05) is 30.6 Å². The molecule has 0 aliphatic carbocycles. The fourth-order valence-corrected chi connectivity index (χ4v) is 4.22. The van der Waals surface area contributed by atoms with E-state index < -0.39 is 10.0 Å². The maximum atomic E-state index is 12.8. The van der Waals surface area contributed by atoms with Gasteiger partial charge >= 0.3 is 0 Å². The summed E-state index contributed by atoms with van der Waals surface area (Å²) in [7, 11) is -2.06. The minimum Gasteiger partial charge on any atom is -0.383 e. The Kier molecular flexibility index (Phi) is 7.44. The van der Waals surface area contributed by atoms with Crippen molar-refractivity contribution in [1.82, 2.24) is 4.31 Å². The molecule has 1 aromatic carbocycles. The van der Waals surface area contributed by atoms with Crippen LogP contribution in [0.2, 0.25) is 5.02 Å². The second-order valence-electron chi connectivity index (χ2n) is 4.75. The summed E-state index contributed by atoms with van der Waals surface area (Å²) in [5.41, 5.74) is 0.712. The molecular formula is C14H21Cl2NO3S. The Morgan fingerprint density at radius 2 is 2.05 bits per heavy atom.